The SMILES string of the molecule is CCC(CN(C)C)c1cc(C(=O)NCc2cccc(C(F)(F)CO)c2)c2[nH]ncc2c1OC. The van der Waals surface area contributed by atoms with E-state index in [0.29, 0.717) is 27.8 Å². The number of aromatic nitrogens is 2. The number of methoxy groups -OCH3 is 1. The molecule has 9 heteroatoms. The van der Waals surface area contributed by atoms with Crippen molar-refractivity contribution in [3.05, 3.63) is 58.8 Å². The van der Waals surface area contributed by atoms with Crippen LogP contribution >= 0.6 is 0 Å². The number of carbonyl (C=O) groups is 1. The molecule has 2 aromatic carbocycles. The fourth-order valence-electron chi connectivity index (χ4n) is 3.99. The maximum absolute atomic E-state index is 13.8. The van der Waals surface area contributed by atoms with E-state index in [9.17, 15) is 13.6 Å². The number of hydrogen-bond donors (Lipinski definition) is 3. The fourth-order valence-corrected chi connectivity index (χ4v) is 3.99. The van der Waals surface area contributed by atoms with Crippen LogP contribution in [0, 0.1) is 0 Å². The number of rotatable bonds is 10. The van der Waals surface area contributed by atoms with Gasteiger partial charge in [-0.15, -0.1) is 0 Å². The van der Waals surface area contributed by atoms with Gasteiger partial charge in [0, 0.05) is 30.1 Å². The first-order valence-corrected chi connectivity index (χ1v) is 10.8. The Bertz CT molecular complexity index is 1110. The lowest BCUT2D eigenvalue weighted by atomic mass is 9.91. The van der Waals surface area contributed by atoms with Gasteiger partial charge in [0.1, 0.15) is 12.4 Å². The van der Waals surface area contributed by atoms with Gasteiger partial charge in [-0.05, 0) is 38.2 Å². The first-order chi connectivity index (χ1) is 15.7. The number of halogens is 2. The van der Waals surface area contributed by atoms with Crippen molar-refractivity contribution in [1.29, 1.82) is 0 Å². The summed E-state index contributed by atoms with van der Waals surface area (Å²) in [6, 6.07) is 7.48. The minimum atomic E-state index is -3.34. The zero-order chi connectivity index (χ0) is 24.2. The van der Waals surface area contributed by atoms with Crippen LogP contribution in [0.15, 0.2) is 36.5 Å². The third-order valence-electron chi connectivity index (χ3n) is 5.68. The number of carbonyl (C=O) groups excluding carboxylic acids is 1. The van der Waals surface area contributed by atoms with Crippen molar-refractivity contribution in [2.24, 2.45) is 0 Å². The number of nitrogens with zero attached hydrogens (tertiary/aromatic N) is 2. The molecule has 1 aromatic heterocycles. The summed E-state index contributed by atoms with van der Waals surface area (Å²) in [7, 11) is 5.59. The molecule has 1 heterocycles. The van der Waals surface area contributed by atoms with Gasteiger partial charge in [0.25, 0.3) is 11.8 Å². The molecule has 1 atom stereocenters. The molecule has 0 bridgehead atoms. The second-order valence-corrected chi connectivity index (χ2v) is 8.32. The van der Waals surface area contributed by atoms with Crippen molar-refractivity contribution in [2.75, 3.05) is 34.4 Å². The number of aliphatic hydroxyl groups is 1. The van der Waals surface area contributed by atoms with Crippen LogP contribution in [0.4, 0.5) is 8.78 Å². The smallest absolute Gasteiger partial charge is 0.295 e. The molecule has 0 fully saturated rings. The summed E-state index contributed by atoms with van der Waals surface area (Å²) in [5.74, 6) is -2.87. The molecule has 0 radical (unpaired) electrons. The number of ether oxygens (including phenoxy) is 1. The Balaban J connectivity index is 1.93. The predicted molar refractivity (Wildman–Crippen MR) is 123 cm³/mol. The standard InChI is InChI=1S/C24H30F2N4O3/c1-5-16(13-30(2)3)18-10-19(21-20(12-28-29-21)22(18)33-4)23(32)27-11-15-7-6-8-17(9-15)24(25,26)14-31/h6-10,12,16,31H,5,11,13-14H2,1-4H3,(H,27,32)(H,28,29). The molecule has 0 aliphatic rings. The lowest BCUT2D eigenvalue weighted by molar-refractivity contribution is -0.0556. The van der Waals surface area contributed by atoms with Crippen LogP contribution in [0.5, 0.6) is 5.75 Å². The van der Waals surface area contributed by atoms with Gasteiger partial charge in [0.15, 0.2) is 0 Å². The summed E-state index contributed by atoms with van der Waals surface area (Å²) in [6.07, 6.45) is 2.49. The second kappa shape index (κ2) is 10.3. The lowest BCUT2D eigenvalue weighted by Gasteiger charge is -2.23. The molecule has 0 aliphatic carbocycles. The van der Waals surface area contributed by atoms with E-state index >= 15 is 0 Å². The number of hydrogen-bond acceptors (Lipinski definition) is 5. The average Bonchev–Trinajstić information content (AvgIpc) is 3.29. The first kappa shape index (κ1) is 24.6. The van der Waals surface area contributed by atoms with E-state index in [4.69, 9.17) is 9.84 Å². The van der Waals surface area contributed by atoms with Crippen LogP contribution in [0.1, 0.15) is 46.3 Å². The van der Waals surface area contributed by atoms with Gasteiger partial charge in [-0.2, -0.15) is 13.9 Å². The summed E-state index contributed by atoms with van der Waals surface area (Å²) in [5.41, 5.74) is 2.08. The summed E-state index contributed by atoms with van der Waals surface area (Å²) >= 11 is 0. The van der Waals surface area contributed by atoms with Gasteiger partial charge in [-0.1, -0.05) is 25.1 Å². The Labute approximate surface area is 191 Å². The second-order valence-electron chi connectivity index (χ2n) is 8.32. The van der Waals surface area contributed by atoms with Gasteiger partial charge in [-0.3, -0.25) is 9.89 Å². The molecule has 7 nitrogen and oxygen atoms in total. The Morgan fingerprint density at radius 2 is 2.09 bits per heavy atom. The van der Waals surface area contributed by atoms with E-state index in [0.717, 1.165) is 18.5 Å². The van der Waals surface area contributed by atoms with Crippen molar-refractivity contribution < 1.29 is 23.4 Å². The number of amides is 1. The van der Waals surface area contributed by atoms with Crippen LogP contribution in [-0.2, 0) is 12.5 Å². The average molecular weight is 461 g/mol. The Morgan fingerprint density at radius 3 is 2.73 bits per heavy atom. The van der Waals surface area contributed by atoms with Crippen molar-refractivity contribution in [2.45, 2.75) is 31.7 Å². The molecule has 3 N–H and O–H groups in total. The zero-order valence-electron chi connectivity index (χ0n) is 19.3. The maximum Gasteiger partial charge on any atom is 0.295 e. The predicted octanol–water partition coefficient (Wildman–Crippen LogP) is 3.64. The van der Waals surface area contributed by atoms with E-state index in [-0.39, 0.29) is 23.9 Å². The number of likely N-dealkylation sites (N-methyl/N-ethyl adjacent to an activating group) is 1. The van der Waals surface area contributed by atoms with E-state index < -0.39 is 12.5 Å². The Morgan fingerprint density at radius 1 is 1.33 bits per heavy atom. The molecule has 0 saturated carbocycles. The highest BCUT2D eigenvalue weighted by molar-refractivity contribution is 6.07. The van der Waals surface area contributed by atoms with Crippen molar-refractivity contribution >= 4 is 16.8 Å². The zero-order valence-corrected chi connectivity index (χ0v) is 19.3. The summed E-state index contributed by atoms with van der Waals surface area (Å²) in [5, 5.41) is 19.4. The summed E-state index contributed by atoms with van der Waals surface area (Å²) in [4.78, 5) is 15.2. The summed E-state index contributed by atoms with van der Waals surface area (Å²) in [6.45, 7) is 1.64. The molecule has 1 amide bonds. The number of nitrogens with one attached hydrogen (secondary N) is 2. The highest BCUT2D eigenvalue weighted by Gasteiger charge is 2.30. The fraction of sp³-hybridized carbons (Fsp3) is 0.417. The van der Waals surface area contributed by atoms with Gasteiger partial charge in [-0.25, -0.2) is 0 Å². The van der Waals surface area contributed by atoms with Crippen LogP contribution in [0.25, 0.3) is 10.9 Å². The van der Waals surface area contributed by atoms with E-state index in [1.165, 1.54) is 18.2 Å². The normalized spacial score (nSPS) is 12.8. The molecule has 33 heavy (non-hydrogen) atoms. The molecule has 0 saturated heterocycles. The molecule has 0 aliphatic heterocycles. The highest BCUT2D eigenvalue weighted by atomic mass is 19.3. The van der Waals surface area contributed by atoms with Crippen LogP contribution in [0.2, 0.25) is 0 Å². The lowest BCUT2D eigenvalue weighted by Crippen LogP contribution is -2.25. The highest BCUT2D eigenvalue weighted by Crippen LogP contribution is 2.37. The largest absolute Gasteiger partial charge is 0.496 e. The van der Waals surface area contributed by atoms with E-state index in [2.05, 4.69) is 27.3 Å². The van der Waals surface area contributed by atoms with E-state index in [1.54, 1.807) is 19.4 Å². The molecule has 3 rings (SSSR count). The number of H-pyrrole nitrogens is 1. The van der Waals surface area contributed by atoms with Crippen molar-refractivity contribution in [1.82, 2.24) is 20.4 Å². The number of fused-ring (bicyclic) bond motifs is 1. The molecule has 0 spiro atoms. The number of aromatic amines is 1. The van der Waals surface area contributed by atoms with Crippen molar-refractivity contribution in [3.63, 3.8) is 0 Å². The Hall–Kier alpha value is -3.04. The topological polar surface area (TPSA) is 90.5 Å². The van der Waals surface area contributed by atoms with E-state index in [1.807, 2.05) is 20.2 Å². The number of aliphatic hydroxyl groups excluding tert-OH is 1. The first-order valence-electron chi connectivity index (χ1n) is 10.8. The molecular weight excluding hydrogens is 430 g/mol. The van der Waals surface area contributed by atoms with Crippen LogP contribution in [0.3, 0.4) is 0 Å². The van der Waals surface area contributed by atoms with Crippen LogP contribution in [-0.4, -0.2) is 60.5 Å². The molecule has 3 aromatic rings. The molecule has 1 unspecified atom stereocenters. The monoisotopic (exact) mass is 460 g/mol. The summed E-state index contributed by atoms with van der Waals surface area (Å²) < 4.78 is 33.3. The van der Waals surface area contributed by atoms with Crippen molar-refractivity contribution in [3.8, 4) is 5.75 Å². The van der Waals surface area contributed by atoms with Gasteiger partial charge >= 0.3 is 0 Å². The van der Waals surface area contributed by atoms with Gasteiger partial charge in [0.2, 0.25) is 0 Å². The third kappa shape index (κ3) is 5.31. The number of benzene rings is 2. The maximum atomic E-state index is 13.8. The quantitative estimate of drug-likeness (QED) is 0.430. The van der Waals surface area contributed by atoms with Gasteiger partial charge in [0.05, 0.1) is 29.8 Å². The van der Waals surface area contributed by atoms with Crippen LogP contribution < -0.4 is 10.1 Å². The minimum Gasteiger partial charge on any atom is -0.496 e. The minimum absolute atomic E-state index is 0.0556. The number of alkyl halides is 2. The Kier molecular flexibility index (Phi) is 7.65. The third-order valence-corrected chi connectivity index (χ3v) is 5.68. The molecule has 178 valence electrons. The molecular formula is C24H30F2N4O3. The van der Waals surface area contributed by atoms with Gasteiger partial charge < -0.3 is 20.1 Å².